The first-order valence-corrected chi connectivity index (χ1v) is 4.34. The summed E-state index contributed by atoms with van der Waals surface area (Å²) in [6.45, 7) is 0.308. The summed E-state index contributed by atoms with van der Waals surface area (Å²) in [5.41, 5.74) is 3.45. The molecule has 0 spiro atoms. The van der Waals surface area contributed by atoms with E-state index in [-0.39, 0.29) is 0 Å². The van der Waals surface area contributed by atoms with Crippen molar-refractivity contribution in [1.82, 2.24) is 5.59 Å². The maximum atomic E-state index is 10.9. The van der Waals surface area contributed by atoms with Gasteiger partial charge in [-0.1, -0.05) is 0 Å². The molecule has 1 unspecified atom stereocenters. The Morgan fingerprint density at radius 3 is 2.71 bits per heavy atom. The third kappa shape index (κ3) is 1.79. The summed E-state index contributed by atoms with van der Waals surface area (Å²) in [6, 6.07) is 7.54. The van der Waals surface area contributed by atoms with Gasteiger partial charge in [-0.25, -0.2) is 0 Å². The summed E-state index contributed by atoms with van der Waals surface area (Å²) in [6.07, 6.45) is -1.02. The van der Waals surface area contributed by atoms with Gasteiger partial charge in [0.15, 0.2) is 7.11 Å². The van der Waals surface area contributed by atoms with Gasteiger partial charge < -0.3 is 9.84 Å². The molecule has 1 fully saturated rings. The largest absolute Gasteiger partial charge is 0.828 e. The Labute approximate surface area is 81.8 Å². The number of hydrogen-bond donors (Lipinski definition) is 1. The lowest BCUT2D eigenvalue weighted by Crippen LogP contribution is -2.31. The quantitative estimate of drug-likeness (QED) is 0.648. The molecule has 76 valence electrons. The molecule has 0 saturated carbocycles. The van der Waals surface area contributed by atoms with Gasteiger partial charge >= 0.3 is 0 Å². The second-order valence-electron chi connectivity index (χ2n) is 2.99. The highest BCUT2D eigenvalue weighted by Crippen LogP contribution is 2.19. The number of rotatable bonds is 2. The molecule has 2 rings (SSSR count). The molecular weight excluding hydrogens is 184 g/mol. The van der Waals surface area contributed by atoms with Crippen molar-refractivity contribution in [2.75, 3.05) is 18.7 Å². The van der Waals surface area contributed by atoms with Crippen molar-refractivity contribution < 1.29 is 14.7 Å². The Hall–Kier alpha value is -1.30. The molecule has 0 aliphatic carbocycles. The highest BCUT2D eigenvalue weighted by Gasteiger charge is 2.15. The number of aliphatic hydroxyl groups is 1. The summed E-state index contributed by atoms with van der Waals surface area (Å²) in [5.74, 6) is 0.910. The highest BCUT2D eigenvalue weighted by molar-refractivity contribution is 5.48. The number of aromatic hydroxyl groups is 1. The Morgan fingerprint density at radius 1 is 1.50 bits per heavy atom. The number of ether oxygens (including phenoxy) is 1. The molecule has 0 bridgehead atoms. The van der Waals surface area contributed by atoms with E-state index in [0.717, 1.165) is 11.4 Å². The molecule has 2 N–H and O–H groups in total. The Morgan fingerprint density at radius 2 is 2.21 bits per heavy atom. The second-order valence-corrected chi connectivity index (χ2v) is 2.99. The molecule has 0 radical (unpaired) electrons. The van der Waals surface area contributed by atoms with Crippen LogP contribution in [0.25, 0.3) is 0 Å². The lowest BCUT2D eigenvalue weighted by Gasteiger charge is -2.16. The Bertz CT molecular complexity index is 301. The zero-order valence-corrected chi connectivity index (χ0v) is 7.80. The van der Waals surface area contributed by atoms with Crippen molar-refractivity contribution in [3.05, 3.63) is 24.3 Å². The molecule has 14 heavy (non-hydrogen) atoms. The summed E-state index contributed by atoms with van der Waals surface area (Å²) < 4.78 is 4.02. The third-order valence-electron chi connectivity index (χ3n) is 2.05. The fourth-order valence-corrected chi connectivity index (χ4v) is 1.29. The standard InChI is InChI=1S/C9H11N2O3/c1-13-8-4-2-7(3-5-8)11-6-9(12)14-10-11/h2-5,9-10H,6H2,1H3/q-1/p+1. The predicted octanol–water partition coefficient (Wildman–Crippen LogP) is -0.500. The van der Waals surface area contributed by atoms with E-state index in [2.05, 4.69) is 15.2 Å². The Balaban J connectivity index is 2.09. The molecule has 1 atom stereocenters. The smallest absolute Gasteiger partial charge is 0.254 e. The van der Waals surface area contributed by atoms with E-state index < -0.39 is 6.29 Å². The molecule has 5 nitrogen and oxygen atoms in total. The minimum absolute atomic E-state index is 0.308. The molecule has 1 heterocycles. The maximum Gasteiger partial charge on any atom is 0.254 e. The number of benzene rings is 1. The minimum atomic E-state index is -1.02. The van der Waals surface area contributed by atoms with Crippen LogP contribution in [-0.4, -0.2) is 24.7 Å². The average molecular weight is 196 g/mol. The fraction of sp³-hybridized carbons (Fsp3) is 0.333. The highest BCUT2D eigenvalue weighted by atomic mass is 16.8. The monoisotopic (exact) mass is 196 g/mol. The lowest BCUT2D eigenvalue weighted by atomic mass is 10.3. The van der Waals surface area contributed by atoms with Gasteiger partial charge in [-0.3, -0.25) is 9.85 Å². The minimum Gasteiger partial charge on any atom is -0.828 e. The normalized spacial score (nSPS) is 21.3. The van der Waals surface area contributed by atoms with Crippen molar-refractivity contribution in [1.29, 1.82) is 0 Å². The zero-order chi connectivity index (χ0) is 9.97. The average Bonchev–Trinajstić information content (AvgIpc) is 2.65. The van der Waals surface area contributed by atoms with Crippen LogP contribution >= 0.6 is 0 Å². The first kappa shape index (κ1) is 9.26. The summed E-state index contributed by atoms with van der Waals surface area (Å²) in [7, 11) is 1.74. The number of hydrogen-bond acceptors (Lipinski definition) is 4. The van der Waals surface area contributed by atoms with Crippen LogP contribution in [0.15, 0.2) is 24.3 Å². The second kappa shape index (κ2) is 3.83. The zero-order valence-electron chi connectivity index (χ0n) is 7.80. The molecule has 1 saturated heterocycles. The van der Waals surface area contributed by atoms with Crippen LogP contribution in [0.4, 0.5) is 5.69 Å². The number of nitrogens with one attached hydrogen (secondary N) is 1. The van der Waals surface area contributed by atoms with Crippen LogP contribution in [0.1, 0.15) is 0 Å². The van der Waals surface area contributed by atoms with Gasteiger partial charge in [0.05, 0.1) is 5.69 Å². The van der Waals surface area contributed by atoms with Gasteiger partial charge in [-0.2, -0.15) is 0 Å². The van der Waals surface area contributed by atoms with Crippen LogP contribution in [0.3, 0.4) is 0 Å². The summed E-state index contributed by atoms with van der Waals surface area (Å²) in [4.78, 5) is 4.67. The molecule has 0 amide bonds. The molecule has 0 aromatic heterocycles. The van der Waals surface area contributed by atoms with Crippen LogP contribution in [0.2, 0.25) is 0 Å². The van der Waals surface area contributed by atoms with Gasteiger partial charge in [0, 0.05) is 25.0 Å². The van der Waals surface area contributed by atoms with E-state index in [1.165, 1.54) is 0 Å². The van der Waals surface area contributed by atoms with Crippen molar-refractivity contribution >= 4 is 5.69 Å². The number of anilines is 1. The number of nitrogens with zero attached hydrogens (tertiary/aromatic N) is 1. The van der Waals surface area contributed by atoms with Gasteiger partial charge in [-0.15, -0.1) is 5.59 Å². The molecule has 1 aromatic carbocycles. The Kier molecular flexibility index (Phi) is 2.53. The van der Waals surface area contributed by atoms with E-state index in [0.29, 0.717) is 6.54 Å². The first-order chi connectivity index (χ1) is 6.79. The van der Waals surface area contributed by atoms with E-state index >= 15 is 0 Å². The van der Waals surface area contributed by atoms with Gasteiger partial charge in [-0.05, 0) is 12.1 Å². The van der Waals surface area contributed by atoms with Crippen LogP contribution in [0, 0.1) is 0 Å². The molecule has 1 aliphatic rings. The SMILES string of the molecule is C[OH+]c1ccc(N2CC([O-])ON2)cc1. The molecule has 5 heteroatoms. The first-order valence-electron chi connectivity index (χ1n) is 4.34. The van der Waals surface area contributed by atoms with E-state index in [9.17, 15) is 5.11 Å². The molecule has 1 aromatic rings. The van der Waals surface area contributed by atoms with Crippen LogP contribution in [-0.2, 0) is 4.84 Å². The van der Waals surface area contributed by atoms with E-state index in [4.69, 9.17) is 0 Å². The van der Waals surface area contributed by atoms with Crippen LogP contribution in [0.5, 0.6) is 5.75 Å². The van der Waals surface area contributed by atoms with Gasteiger partial charge in [0.2, 0.25) is 0 Å². The summed E-state index contributed by atoms with van der Waals surface area (Å²) in [5, 5.41) is 12.6. The number of hydrazine groups is 1. The lowest BCUT2D eigenvalue weighted by molar-refractivity contribution is -0.483. The van der Waals surface area contributed by atoms with Gasteiger partial charge in [0.1, 0.15) is 0 Å². The van der Waals surface area contributed by atoms with Crippen molar-refractivity contribution in [2.45, 2.75) is 6.29 Å². The van der Waals surface area contributed by atoms with Crippen molar-refractivity contribution in [3.63, 3.8) is 0 Å². The molecule has 1 aliphatic heterocycles. The van der Waals surface area contributed by atoms with Crippen molar-refractivity contribution in [3.8, 4) is 5.75 Å². The van der Waals surface area contributed by atoms with Gasteiger partial charge in [0.25, 0.3) is 5.75 Å². The predicted molar refractivity (Wildman–Crippen MR) is 49.4 cm³/mol. The fourth-order valence-electron chi connectivity index (χ4n) is 1.29. The van der Waals surface area contributed by atoms with Crippen LogP contribution < -0.4 is 15.7 Å². The summed E-state index contributed by atoms with van der Waals surface area (Å²) >= 11 is 0. The van der Waals surface area contributed by atoms with E-state index in [1.807, 2.05) is 24.3 Å². The third-order valence-corrected chi connectivity index (χ3v) is 2.05. The maximum absolute atomic E-state index is 10.9. The topological polar surface area (TPSA) is 60.4 Å². The van der Waals surface area contributed by atoms with Crippen molar-refractivity contribution in [2.24, 2.45) is 0 Å². The van der Waals surface area contributed by atoms with E-state index in [1.54, 1.807) is 12.1 Å². The molecular formula is C9H12N2O3.